The molecule has 9 nitrogen and oxygen atoms in total. The third-order valence-electron chi connectivity index (χ3n) is 7.00. The fourth-order valence-corrected chi connectivity index (χ4v) is 4.92. The molecule has 1 aromatic heterocycles. The molecule has 0 saturated carbocycles. The second kappa shape index (κ2) is 10.7. The zero-order chi connectivity index (χ0) is 26.7. The Morgan fingerprint density at radius 3 is 2.26 bits per heavy atom. The van der Waals surface area contributed by atoms with Crippen LogP contribution in [0.15, 0.2) is 65.1 Å². The van der Waals surface area contributed by atoms with Crippen LogP contribution in [0, 0.1) is 0 Å². The first-order valence-electron chi connectivity index (χ1n) is 12.3. The molecule has 5 rings (SSSR count). The van der Waals surface area contributed by atoms with Gasteiger partial charge in [0.05, 0.1) is 34.5 Å². The first-order chi connectivity index (χ1) is 18.5. The SMILES string of the molecule is COc1cc(C(=O)/C=C/c2ccc(C(=O)N3CCN(Cc4ccccc4)C34COC4)o2)cc(OC)c1OC. The zero-order valence-electron chi connectivity index (χ0n) is 21.6. The van der Waals surface area contributed by atoms with Gasteiger partial charge in [0.1, 0.15) is 11.4 Å². The second-order valence-electron chi connectivity index (χ2n) is 9.15. The maximum atomic E-state index is 13.4. The molecular formula is C29H30N2O7. The van der Waals surface area contributed by atoms with Crippen molar-refractivity contribution in [3.63, 3.8) is 0 Å². The van der Waals surface area contributed by atoms with E-state index in [4.69, 9.17) is 23.4 Å². The van der Waals surface area contributed by atoms with Gasteiger partial charge in [0.15, 0.2) is 23.0 Å². The van der Waals surface area contributed by atoms with Crippen LogP contribution in [0.2, 0.25) is 0 Å². The number of carbonyl (C=O) groups is 2. The van der Waals surface area contributed by atoms with Crippen LogP contribution in [0.4, 0.5) is 0 Å². The molecular weight excluding hydrogens is 488 g/mol. The highest BCUT2D eigenvalue weighted by atomic mass is 16.5. The van der Waals surface area contributed by atoms with Crippen molar-refractivity contribution < 1.29 is 33.0 Å². The predicted molar refractivity (Wildman–Crippen MR) is 140 cm³/mol. The first-order valence-corrected chi connectivity index (χ1v) is 12.3. The molecule has 1 spiro atoms. The van der Waals surface area contributed by atoms with E-state index < -0.39 is 5.66 Å². The Kier molecular flexibility index (Phi) is 7.22. The number of rotatable bonds is 9. The molecule has 9 heteroatoms. The number of allylic oxidation sites excluding steroid dienone is 1. The second-order valence-corrected chi connectivity index (χ2v) is 9.15. The summed E-state index contributed by atoms with van der Waals surface area (Å²) < 4.78 is 27.4. The molecule has 198 valence electrons. The van der Waals surface area contributed by atoms with Gasteiger partial charge in [0.25, 0.3) is 5.91 Å². The zero-order valence-corrected chi connectivity index (χ0v) is 21.6. The van der Waals surface area contributed by atoms with Crippen LogP contribution in [0.3, 0.4) is 0 Å². The molecule has 2 aliphatic heterocycles. The monoisotopic (exact) mass is 518 g/mol. The lowest BCUT2D eigenvalue weighted by Crippen LogP contribution is -2.67. The van der Waals surface area contributed by atoms with Gasteiger partial charge in [-0.3, -0.25) is 14.5 Å². The number of hydrogen-bond acceptors (Lipinski definition) is 8. The van der Waals surface area contributed by atoms with Crippen LogP contribution in [0.1, 0.15) is 32.2 Å². The molecule has 2 fully saturated rings. The summed E-state index contributed by atoms with van der Waals surface area (Å²) in [5, 5.41) is 0. The Bertz CT molecular complexity index is 1320. The summed E-state index contributed by atoms with van der Waals surface area (Å²) in [5.74, 6) is 1.31. The highest BCUT2D eigenvalue weighted by molar-refractivity contribution is 6.07. The van der Waals surface area contributed by atoms with Crippen LogP contribution in [-0.2, 0) is 11.3 Å². The van der Waals surface area contributed by atoms with Gasteiger partial charge in [-0.15, -0.1) is 0 Å². The van der Waals surface area contributed by atoms with E-state index in [0.29, 0.717) is 48.3 Å². The van der Waals surface area contributed by atoms with Crippen molar-refractivity contribution in [2.24, 2.45) is 0 Å². The fourth-order valence-electron chi connectivity index (χ4n) is 4.92. The lowest BCUT2D eigenvalue weighted by Gasteiger charge is -2.49. The smallest absolute Gasteiger partial charge is 0.291 e. The van der Waals surface area contributed by atoms with Gasteiger partial charge in [0, 0.05) is 25.2 Å². The molecule has 2 aromatic carbocycles. The van der Waals surface area contributed by atoms with Gasteiger partial charge in [-0.25, -0.2) is 0 Å². The summed E-state index contributed by atoms with van der Waals surface area (Å²) in [5.41, 5.74) is 1.08. The molecule has 0 bridgehead atoms. The summed E-state index contributed by atoms with van der Waals surface area (Å²) in [6.45, 7) is 3.00. The number of nitrogens with zero attached hydrogens (tertiary/aromatic N) is 2. The van der Waals surface area contributed by atoms with Gasteiger partial charge in [-0.05, 0) is 42.0 Å². The van der Waals surface area contributed by atoms with Crippen LogP contribution >= 0.6 is 0 Å². The first kappa shape index (κ1) is 25.6. The van der Waals surface area contributed by atoms with Crippen LogP contribution in [-0.4, -0.2) is 74.8 Å². The third kappa shape index (κ3) is 4.66. The number of amides is 1. The maximum Gasteiger partial charge on any atom is 0.291 e. The molecule has 0 aliphatic carbocycles. The molecule has 2 saturated heterocycles. The van der Waals surface area contributed by atoms with Crippen molar-refractivity contribution in [3.05, 3.63) is 83.3 Å². The highest BCUT2D eigenvalue weighted by Crippen LogP contribution is 2.39. The van der Waals surface area contributed by atoms with Crippen LogP contribution in [0.25, 0.3) is 6.08 Å². The van der Waals surface area contributed by atoms with E-state index in [9.17, 15) is 9.59 Å². The number of furan rings is 1. The topological polar surface area (TPSA) is 90.7 Å². The van der Waals surface area contributed by atoms with E-state index in [0.717, 1.165) is 13.1 Å². The molecule has 3 heterocycles. The van der Waals surface area contributed by atoms with Gasteiger partial charge in [0.2, 0.25) is 5.75 Å². The molecule has 0 N–H and O–H groups in total. The summed E-state index contributed by atoms with van der Waals surface area (Å²) in [6, 6.07) is 16.7. The van der Waals surface area contributed by atoms with Crippen molar-refractivity contribution in [2.45, 2.75) is 12.2 Å². The van der Waals surface area contributed by atoms with E-state index in [2.05, 4.69) is 17.0 Å². The Morgan fingerprint density at radius 1 is 0.947 bits per heavy atom. The Labute approximate surface area is 221 Å². The number of hydrogen-bond donors (Lipinski definition) is 0. The number of carbonyl (C=O) groups excluding carboxylic acids is 2. The van der Waals surface area contributed by atoms with Crippen molar-refractivity contribution in [1.82, 2.24) is 9.80 Å². The quantitative estimate of drug-likeness (QED) is 0.311. The number of benzene rings is 2. The number of methoxy groups -OCH3 is 3. The minimum Gasteiger partial charge on any atom is -0.493 e. The molecule has 2 aliphatic rings. The lowest BCUT2D eigenvalue weighted by atomic mass is 10.0. The van der Waals surface area contributed by atoms with Crippen LogP contribution < -0.4 is 14.2 Å². The standard InChI is InChI=1S/C29H30N2O7/c1-34-25-15-21(16-26(35-2)27(25)36-3)23(32)11-9-22-10-12-24(38-22)28(33)31-14-13-30(29(31)18-37-19-29)17-20-7-5-4-6-8-20/h4-12,15-16H,13-14,17-19H2,1-3H3/b11-9+. The minimum atomic E-state index is -0.474. The van der Waals surface area contributed by atoms with Crippen molar-refractivity contribution in [1.29, 1.82) is 0 Å². The van der Waals surface area contributed by atoms with Crippen molar-refractivity contribution in [2.75, 3.05) is 47.6 Å². The summed E-state index contributed by atoms with van der Waals surface area (Å²) in [4.78, 5) is 30.4. The molecule has 0 unspecified atom stereocenters. The third-order valence-corrected chi connectivity index (χ3v) is 7.00. The normalized spacial score (nSPS) is 16.6. The summed E-state index contributed by atoms with van der Waals surface area (Å²) in [7, 11) is 4.48. The van der Waals surface area contributed by atoms with Gasteiger partial charge >= 0.3 is 0 Å². The lowest BCUT2D eigenvalue weighted by molar-refractivity contribution is -0.176. The number of ketones is 1. The van der Waals surface area contributed by atoms with E-state index >= 15 is 0 Å². The maximum absolute atomic E-state index is 13.4. The number of ether oxygens (including phenoxy) is 4. The summed E-state index contributed by atoms with van der Waals surface area (Å²) >= 11 is 0. The summed E-state index contributed by atoms with van der Waals surface area (Å²) in [6.07, 6.45) is 2.92. The van der Waals surface area contributed by atoms with Crippen molar-refractivity contribution >= 4 is 17.8 Å². The predicted octanol–water partition coefficient (Wildman–Crippen LogP) is 3.89. The van der Waals surface area contributed by atoms with E-state index in [1.165, 1.54) is 39.0 Å². The Balaban J connectivity index is 1.29. The average Bonchev–Trinajstić information content (AvgIpc) is 3.56. The van der Waals surface area contributed by atoms with E-state index in [-0.39, 0.29) is 17.5 Å². The fraction of sp³-hybridized carbons (Fsp3) is 0.310. The Morgan fingerprint density at radius 2 is 1.66 bits per heavy atom. The van der Waals surface area contributed by atoms with E-state index in [1.54, 1.807) is 24.3 Å². The van der Waals surface area contributed by atoms with Gasteiger partial charge < -0.3 is 28.3 Å². The van der Waals surface area contributed by atoms with Crippen molar-refractivity contribution in [3.8, 4) is 17.2 Å². The molecule has 38 heavy (non-hydrogen) atoms. The molecule has 1 amide bonds. The largest absolute Gasteiger partial charge is 0.493 e. The highest BCUT2D eigenvalue weighted by Gasteiger charge is 2.55. The average molecular weight is 519 g/mol. The molecule has 0 atom stereocenters. The van der Waals surface area contributed by atoms with Crippen LogP contribution in [0.5, 0.6) is 17.2 Å². The van der Waals surface area contributed by atoms with E-state index in [1.807, 2.05) is 23.1 Å². The van der Waals surface area contributed by atoms with Gasteiger partial charge in [-0.1, -0.05) is 30.3 Å². The molecule has 0 radical (unpaired) electrons. The Hall–Kier alpha value is -4.08. The van der Waals surface area contributed by atoms with Gasteiger partial charge in [-0.2, -0.15) is 0 Å². The molecule has 3 aromatic rings. The minimum absolute atomic E-state index is 0.195.